The van der Waals surface area contributed by atoms with Crippen LogP contribution in [0.3, 0.4) is 0 Å². The van der Waals surface area contributed by atoms with E-state index in [1.807, 2.05) is 42.6 Å². The summed E-state index contributed by atoms with van der Waals surface area (Å²) in [6.07, 6.45) is 3.34. The molecule has 0 N–H and O–H groups in total. The van der Waals surface area contributed by atoms with Gasteiger partial charge in [-0.3, -0.25) is 4.79 Å². The molecule has 1 heterocycles. The van der Waals surface area contributed by atoms with Gasteiger partial charge in [-0.15, -0.1) is 11.3 Å². The van der Waals surface area contributed by atoms with Crippen LogP contribution in [0.5, 0.6) is 11.5 Å². The number of rotatable bonds is 7. The zero-order valence-corrected chi connectivity index (χ0v) is 14.4. The Hall–Kier alpha value is -2.27. The number of nitrogens with zero attached hydrogens (tertiary/aromatic N) is 1. The van der Waals surface area contributed by atoms with Crippen molar-refractivity contribution < 1.29 is 14.3 Å². The maximum Gasteiger partial charge on any atom is 0.246 e. The van der Waals surface area contributed by atoms with Gasteiger partial charge in [0.25, 0.3) is 0 Å². The smallest absolute Gasteiger partial charge is 0.246 e. The van der Waals surface area contributed by atoms with E-state index < -0.39 is 0 Å². The quantitative estimate of drug-likeness (QED) is 0.724. The molecule has 4 nitrogen and oxygen atoms in total. The number of carbonyl (C=O) groups excluding carboxylic acids is 1. The van der Waals surface area contributed by atoms with Crippen LogP contribution in [-0.2, 0) is 11.3 Å². The SMILES string of the molecule is CCN(Cc1cccs1)C(=O)C=Cc1cc(OC)ccc1OC. The van der Waals surface area contributed by atoms with Crippen LogP contribution in [0, 0.1) is 0 Å². The van der Waals surface area contributed by atoms with Crippen LogP contribution in [0.15, 0.2) is 41.8 Å². The van der Waals surface area contributed by atoms with E-state index in [0.29, 0.717) is 18.8 Å². The van der Waals surface area contributed by atoms with Crippen LogP contribution >= 0.6 is 11.3 Å². The summed E-state index contributed by atoms with van der Waals surface area (Å²) in [7, 11) is 3.22. The zero-order valence-electron chi connectivity index (χ0n) is 13.6. The largest absolute Gasteiger partial charge is 0.497 e. The topological polar surface area (TPSA) is 38.8 Å². The van der Waals surface area contributed by atoms with Gasteiger partial charge in [-0.25, -0.2) is 0 Å². The van der Waals surface area contributed by atoms with Crippen molar-refractivity contribution in [1.82, 2.24) is 4.90 Å². The minimum absolute atomic E-state index is 0.0224. The molecule has 0 fully saturated rings. The Labute approximate surface area is 141 Å². The highest BCUT2D eigenvalue weighted by Gasteiger charge is 2.10. The summed E-state index contributed by atoms with van der Waals surface area (Å²) in [6, 6.07) is 9.53. The Morgan fingerprint density at radius 1 is 1.26 bits per heavy atom. The van der Waals surface area contributed by atoms with Crippen LogP contribution in [-0.4, -0.2) is 31.6 Å². The molecule has 0 saturated heterocycles. The van der Waals surface area contributed by atoms with Crippen LogP contribution in [0.25, 0.3) is 6.08 Å². The van der Waals surface area contributed by atoms with Crippen LogP contribution in [0.1, 0.15) is 17.4 Å². The van der Waals surface area contributed by atoms with Crippen molar-refractivity contribution in [2.45, 2.75) is 13.5 Å². The molecule has 1 amide bonds. The molecule has 0 saturated carbocycles. The lowest BCUT2D eigenvalue weighted by Gasteiger charge is -2.18. The first-order valence-corrected chi connectivity index (χ1v) is 8.27. The van der Waals surface area contributed by atoms with E-state index in [1.165, 1.54) is 4.88 Å². The summed E-state index contributed by atoms with van der Waals surface area (Å²) in [5.41, 5.74) is 0.812. The highest BCUT2D eigenvalue weighted by atomic mass is 32.1. The first kappa shape index (κ1) is 17.1. The van der Waals surface area contributed by atoms with Gasteiger partial charge in [-0.05, 0) is 42.6 Å². The zero-order chi connectivity index (χ0) is 16.7. The average Bonchev–Trinajstić information content (AvgIpc) is 3.10. The molecular formula is C18H21NO3S. The number of methoxy groups -OCH3 is 2. The number of thiophene rings is 1. The third-order valence-electron chi connectivity index (χ3n) is 3.46. The van der Waals surface area contributed by atoms with Gasteiger partial charge >= 0.3 is 0 Å². The lowest BCUT2D eigenvalue weighted by atomic mass is 10.1. The van der Waals surface area contributed by atoms with Crippen LogP contribution in [0.2, 0.25) is 0 Å². The molecule has 5 heteroatoms. The van der Waals surface area contributed by atoms with Crippen molar-refractivity contribution in [3.8, 4) is 11.5 Å². The normalized spacial score (nSPS) is 10.7. The molecule has 2 rings (SSSR count). The Bertz CT molecular complexity index is 665. The number of ether oxygens (including phenoxy) is 2. The molecule has 0 spiro atoms. The van der Waals surface area contributed by atoms with E-state index in [2.05, 4.69) is 0 Å². The van der Waals surface area contributed by atoms with Gasteiger partial charge in [0.2, 0.25) is 5.91 Å². The number of hydrogen-bond donors (Lipinski definition) is 0. The average molecular weight is 331 g/mol. The predicted octanol–water partition coefficient (Wildman–Crippen LogP) is 3.83. The second kappa shape index (κ2) is 8.39. The van der Waals surface area contributed by atoms with Gasteiger partial charge in [0, 0.05) is 23.1 Å². The summed E-state index contributed by atoms with van der Waals surface area (Å²) in [6.45, 7) is 3.27. The van der Waals surface area contributed by atoms with Gasteiger partial charge < -0.3 is 14.4 Å². The van der Waals surface area contributed by atoms with Crippen molar-refractivity contribution in [3.05, 3.63) is 52.2 Å². The van der Waals surface area contributed by atoms with Crippen molar-refractivity contribution in [3.63, 3.8) is 0 Å². The fraction of sp³-hybridized carbons (Fsp3) is 0.278. The number of carbonyl (C=O) groups is 1. The fourth-order valence-electron chi connectivity index (χ4n) is 2.17. The summed E-state index contributed by atoms with van der Waals surface area (Å²) in [5.74, 6) is 1.41. The molecule has 2 aromatic rings. The molecule has 0 aliphatic carbocycles. The summed E-state index contributed by atoms with van der Waals surface area (Å²) < 4.78 is 10.5. The van der Waals surface area contributed by atoms with Gasteiger partial charge in [-0.1, -0.05) is 6.07 Å². The Morgan fingerprint density at radius 3 is 2.70 bits per heavy atom. The summed E-state index contributed by atoms with van der Waals surface area (Å²) in [4.78, 5) is 15.4. The Morgan fingerprint density at radius 2 is 2.09 bits per heavy atom. The molecule has 0 bridgehead atoms. The molecule has 0 unspecified atom stereocenters. The monoisotopic (exact) mass is 331 g/mol. The maximum absolute atomic E-state index is 12.4. The van der Waals surface area contributed by atoms with Gasteiger partial charge in [0.15, 0.2) is 0 Å². The second-order valence-corrected chi connectivity index (χ2v) is 5.91. The lowest BCUT2D eigenvalue weighted by Crippen LogP contribution is -2.28. The van der Waals surface area contributed by atoms with E-state index >= 15 is 0 Å². The third kappa shape index (κ3) is 4.60. The lowest BCUT2D eigenvalue weighted by molar-refractivity contribution is -0.126. The molecule has 23 heavy (non-hydrogen) atoms. The van der Waals surface area contributed by atoms with Crippen LogP contribution in [0.4, 0.5) is 0 Å². The van der Waals surface area contributed by atoms with Crippen molar-refractivity contribution >= 4 is 23.3 Å². The van der Waals surface area contributed by atoms with Crippen LogP contribution < -0.4 is 9.47 Å². The fourth-order valence-corrected chi connectivity index (χ4v) is 2.89. The molecule has 0 aliphatic rings. The molecule has 0 aliphatic heterocycles. The highest BCUT2D eigenvalue weighted by molar-refractivity contribution is 7.09. The molecule has 122 valence electrons. The first-order valence-electron chi connectivity index (χ1n) is 7.39. The van der Waals surface area contributed by atoms with Gasteiger partial charge in [0.05, 0.1) is 20.8 Å². The molecule has 1 aromatic heterocycles. The first-order chi connectivity index (χ1) is 11.2. The number of hydrogen-bond acceptors (Lipinski definition) is 4. The standard InChI is InChI=1S/C18H21NO3S/c1-4-19(13-16-6-5-11-23-16)18(20)10-7-14-12-15(21-2)8-9-17(14)22-3/h5-12H,4,13H2,1-3H3. The van der Waals surface area contributed by atoms with Crippen molar-refractivity contribution in [2.24, 2.45) is 0 Å². The second-order valence-electron chi connectivity index (χ2n) is 4.87. The third-order valence-corrected chi connectivity index (χ3v) is 4.32. The van der Waals surface area contributed by atoms with E-state index in [9.17, 15) is 4.79 Å². The molecule has 0 radical (unpaired) electrons. The van der Waals surface area contributed by atoms with E-state index in [4.69, 9.17) is 9.47 Å². The molecule has 1 aromatic carbocycles. The maximum atomic E-state index is 12.4. The minimum Gasteiger partial charge on any atom is -0.497 e. The van der Waals surface area contributed by atoms with E-state index in [-0.39, 0.29) is 5.91 Å². The van der Waals surface area contributed by atoms with Gasteiger partial charge in [0.1, 0.15) is 11.5 Å². The summed E-state index contributed by atoms with van der Waals surface area (Å²) >= 11 is 1.65. The van der Waals surface area contributed by atoms with Gasteiger partial charge in [-0.2, -0.15) is 0 Å². The number of likely N-dealkylation sites (N-methyl/N-ethyl adjacent to an activating group) is 1. The minimum atomic E-state index is -0.0224. The summed E-state index contributed by atoms with van der Waals surface area (Å²) in [5, 5.41) is 2.02. The highest BCUT2D eigenvalue weighted by Crippen LogP contribution is 2.25. The molecule has 0 atom stereocenters. The molecular weight excluding hydrogens is 310 g/mol. The Kier molecular flexibility index (Phi) is 6.23. The van der Waals surface area contributed by atoms with E-state index in [1.54, 1.807) is 42.6 Å². The van der Waals surface area contributed by atoms with Crippen molar-refractivity contribution in [1.29, 1.82) is 0 Å². The van der Waals surface area contributed by atoms with Crippen molar-refractivity contribution in [2.75, 3.05) is 20.8 Å². The Balaban J connectivity index is 2.12. The number of amides is 1. The predicted molar refractivity (Wildman–Crippen MR) is 94.0 cm³/mol. The number of benzene rings is 1. The van der Waals surface area contributed by atoms with E-state index in [0.717, 1.165) is 11.3 Å².